The van der Waals surface area contributed by atoms with Gasteiger partial charge in [0.2, 0.25) is 5.91 Å². The number of hydrogen-bond acceptors (Lipinski definition) is 4. The summed E-state index contributed by atoms with van der Waals surface area (Å²) in [5.74, 6) is 0.470. The standard InChI is InChI=1S/C22H23N3O3/c23-18(15-7-8-15)13-24-21(26)11-14-5-9-17(10-6-14)25-22(27)20-12-16-3-1-2-4-19(16)28-20/h1-6,9-10,12,15,18H,7-8,11,13,23H2,(H,24,26)(H,25,27). The number of benzene rings is 2. The van der Waals surface area contributed by atoms with Gasteiger partial charge in [-0.05, 0) is 48.6 Å². The van der Waals surface area contributed by atoms with Crippen molar-refractivity contribution in [2.24, 2.45) is 11.7 Å². The highest BCUT2D eigenvalue weighted by atomic mass is 16.3. The number of carbonyl (C=O) groups excluding carboxylic acids is 2. The highest BCUT2D eigenvalue weighted by Gasteiger charge is 2.28. The number of amides is 2. The van der Waals surface area contributed by atoms with Gasteiger partial charge in [0.05, 0.1) is 6.42 Å². The second-order valence-electron chi connectivity index (χ2n) is 7.28. The molecule has 6 nitrogen and oxygen atoms in total. The number of carbonyl (C=O) groups is 2. The van der Waals surface area contributed by atoms with Crippen LogP contribution in [0.2, 0.25) is 0 Å². The largest absolute Gasteiger partial charge is 0.451 e. The number of nitrogens with one attached hydrogen (secondary N) is 2. The van der Waals surface area contributed by atoms with Crippen molar-refractivity contribution in [1.82, 2.24) is 5.32 Å². The molecule has 28 heavy (non-hydrogen) atoms. The van der Waals surface area contributed by atoms with Crippen LogP contribution in [0, 0.1) is 5.92 Å². The third-order valence-electron chi connectivity index (χ3n) is 4.99. The molecule has 1 heterocycles. The van der Waals surface area contributed by atoms with Gasteiger partial charge in [-0.1, -0.05) is 30.3 Å². The second kappa shape index (κ2) is 7.86. The van der Waals surface area contributed by atoms with Gasteiger partial charge >= 0.3 is 0 Å². The Morgan fingerprint density at radius 2 is 1.86 bits per heavy atom. The van der Waals surface area contributed by atoms with Gasteiger partial charge in [-0.2, -0.15) is 0 Å². The fourth-order valence-electron chi connectivity index (χ4n) is 3.16. The SMILES string of the molecule is NC(CNC(=O)Cc1ccc(NC(=O)c2cc3ccccc3o2)cc1)C1CC1. The van der Waals surface area contributed by atoms with Gasteiger partial charge in [0.25, 0.3) is 5.91 Å². The average Bonchev–Trinajstić information content (AvgIpc) is 3.46. The van der Waals surface area contributed by atoms with Crippen LogP contribution >= 0.6 is 0 Å². The van der Waals surface area contributed by atoms with E-state index in [4.69, 9.17) is 10.2 Å². The molecule has 1 atom stereocenters. The van der Waals surface area contributed by atoms with Crippen LogP contribution in [-0.4, -0.2) is 24.4 Å². The van der Waals surface area contributed by atoms with Gasteiger partial charge in [-0.3, -0.25) is 9.59 Å². The molecule has 2 aromatic carbocycles. The summed E-state index contributed by atoms with van der Waals surface area (Å²) in [5.41, 5.74) is 8.19. The van der Waals surface area contributed by atoms with E-state index >= 15 is 0 Å². The lowest BCUT2D eigenvalue weighted by Gasteiger charge is -2.11. The van der Waals surface area contributed by atoms with E-state index in [1.807, 2.05) is 36.4 Å². The summed E-state index contributed by atoms with van der Waals surface area (Å²) in [4.78, 5) is 24.4. The Bertz CT molecular complexity index is 957. The van der Waals surface area contributed by atoms with E-state index in [-0.39, 0.29) is 30.0 Å². The first-order valence-corrected chi connectivity index (χ1v) is 9.49. The Morgan fingerprint density at radius 1 is 1.11 bits per heavy atom. The smallest absolute Gasteiger partial charge is 0.291 e. The van der Waals surface area contributed by atoms with Crippen LogP contribution in [0.1, 0.15) is 29.0 Å². The second-order valence-corrected chi connectivity index (χ2v) is 7.28. The van der Waals surface area contributed by atoms with Gasteiger partial charge < -0.3 is 20.8 Å². The number of nitrogens with two attached hydrogens (primary N) is 1. The zero-order valence-electron chi connectivity index (χ0n) is 15.5. The molecule has 0 aliphatic heterocycles. The Labute approximate surface area is 163 Å². The highest BCUT2D eigenvalue weighted by Crippen LogP contribution is 2.31. The molecule has 1 unspecified atom stereocenters. The van der Waals surface area contributed by atoms with E-state index < -0.39 is 0 Å². The van der Waals surface area contributed by atoms with E-state index in [9.17, 15) is 9.59 Å². The zero-order valence-corrected chi connectivity index (χ0v) is 15.5. The minimum absolute atomic E-state index is 0.0461. The van der Waals surface area contributed by atoms with Gasteiger partial charge in [0.1, 0.15) is 5.58 Å². The molecule has 144 valence electrons. The number of fused-ring (bicyclic) bond motifs is 1. The summed E-state index contributed by atoms with van der Waals surface area (Å²) in [6, 6.07) is 16.5. The molecule has 0 radical (unpaired) electrons. The van der Waals surface area contributed by atoms with Crippen molar-refractivity contribution in [3.8, 4) is 0 Å². The quantitative estimate of drug-likeness (QED) is 0.589. The summed E-state index contributed by atoms with van der Waals surface area (Å²) >= 11 is 0. The lowest BCUT2D eigenvalue weighted by molar-refractivity contribution is -0.120. The summed E-state index contributed by atoms with van der Waals surface area (Å²) in [5, 5.41) is 6.58. The molecular formula is C22H23N3O3. The number of hydrogen-bond donors (Lipinski definition) is 3. The molecule has 1 fully saturated rings. The van der Waals surface area contributed by atoms with Crippen LogP contribution in [0.15, 0.2) is 59.0 Å². The Morgan fingerprint density at radius 3 is 2.57 bits per heavy atom. The van der Waals surface area contributed by atoms with Crippen LogP contribution < -0.4 is 16.4 Å². The summed E-state index contributed by atoms with van der Waals surface area (Å²) in [7, 11) is 0. The van der Waals surface area contributed by atoms with E-state index in [0.29, 0.717) is 23.7 Å². The molecule has 4 N–H and O–H groups in total. The van der Waals surface area contributed by atoms with Crippen LogP contribution in [-0.2, 0) is 11.2 Å². The van der Waals surface area contributed by atoms with E-state index in [0.717, 1.165) is 23.8 Å². The maximum absolute atomic E-state index is 12.4. The predicted molar refractivity (Wildman–Crippen MR) is 108 cm³/mol. The Kier molecular flexibility index (Phi) is 5.12. The summed E-state index contributed by atoms with van der Waals surface area (Å²) in [6.07, 6.45) is 2.62. The molecule has 2 amide bonds. The van der Waals surface area contributed by atoms with Crippen molar-refractivity contribution >= 4 is 28.5 Å². The van der Waals surface area contributed by atoms with E-state index in [1.54, 1.807) is 18.2 Å². The first kappa shape index (κ1) is 18.3. The van der Waals surface area contributed by atoms with E-state index in [1.165, 1.54) is 0 Å². The van der Waals surface area contributed by atoms with Gasteiger partial charge in [0.15, 0.2) is 5.76 Å². The van der Waals surface area contributed by atoms with Crippen LogP contribution in [0.25, 0.3) is 11.0 Å². The van der Waals surface area contributed by atoms with Crippen LogP contribution in [0.5, 0.6) is 0 Å². The van der Waals surface area contributed by atoms with Crippen molar-refractivity contribution in [3.63, 3.8) is 0 Å². The Hall–Kier alpha value is -3.12. The zero-order chi connectivity index (χ0) is 19.5. The molecule has 0 spiro atoms. The summed E-state index contributed by atoms with van der Waals surface area (Å²) < 4.78 is 5.57. The van der Waals surface area contributed by atoms with Crippen molar-refractivity contribution in [2.75, 3.05) is 11.9 Å². The molecule has 4 rings (SSSR count). The predicted octanol–water partition coefficient (Wildman–Crippen LogP) is 3.08. The fraction of sp³-hybridized carbons (Fsp3) is 0.273. The first-order chi connectivity index (χ1) is 13.6. The molecule has 1 aromatic heterocycles. The molecule has 6 heteroatoms. The first-order valence-electron chi connectivity index (χ1n) is 9.49. The monoisotopic (exact) mass is 377 g/mol. The van der Waals surface area contributed by atoms with Gasteiger partial charge in [-0.25, -0.2) is 0 Å². The summed E-state index contributed by atoms with van der Waals surface area (Å²) in [6.45, 7) is 0.523. The lowest BCUT2D eigenvalue weighted by Crippen LogP contribution is -2.39. The van der Waals surface area contributed by atoms with Crippen molar-refractivity contribution in [2.45, 2.75) is 25.3 Å². The highest BCUT2D eigenvalue weighted by molar-refractivity contribution is 6.04. The number of anilines is 1. The number of rotatable bonds is 7. The van der Waals surface area contributed by atoms with Crippen molar-refractivity contribution < 1.29 is 14.0 Å². The molecule has 3 aromatic rings. The molecular weight excluding hydrogens is 354 g/mol. The topological polar surface area (TPSA) is 97.4 Å². The minimum atomic E-state index is -0.309. The van der Waals surface area contributed by atoms with Crippen LogP contribution in [0.4, 0.5) is 5.69 Å². The molecule has 0 bridgehead atoms. The van der Waals surface area contributed by atoms with Gasteiger partial charge in [-0.15, -0.1) is 0 Å². The molecule has 1 saturated carbocycles. The fourth-order valence-corrected chi connectivity index (χ4v) is 3.16. The normalized spacial score (nSPS) is 14.6. The minimum Gasteiger partial charge on any atom is -0.451 e. The maximum Gasteiger partial charge on any atom is 0.291 e. The molecule has 0 saturated heterocycles. The number of para-hydroxylation sites is 1. The maximum atomic E-state index is 12.4. The van der Waals surface area contributed by atoms with Crippen molar-refractivity contribution in [1.29, 1.82) is 0 Å². The van der Waals surface area contributed by atoms with Crippen LogP contribution in [0.3, 0.4) is 0 Å². The van der Waals surface area contributed by atoms with Gasteiger partial charge in [0, 0.05) is 23.7 Å². The Balaban J connectivity index is 1.31. The molecule has 1 aliphatic carbocycles. The van der Waals surface area contributed by atoms with Crippen molar-refractivity contribution in [3.05, 3.63) is 65.9 Å². The number of furan rings is 1. The third kappa shape index (κ3) is 4.40. The van der Waals surface area contributed by atoms with E-state index in [2.05, 4.69) is 10.6 Å². The average molecular weight is 377 g/mol. The third-order valence-corrected chi connectivity index (χ3v) is 4.99. The molecule has 1 aliphatic rings. The lowest BCUT2D eigenvalue weighted by atomic mass is 10.1.